The monoisotopic (exact) mass is 260 g/mol. The van der Waals surface area contributed by atoms with Crippen LogP contribution in [0.5, 0.6) is 0 Å². The van der Waals surface area contributed by atoms with Gasteiger partial charge in [0.25, 0.3) is 0 Å². The largest absolute Gasteiger partial charge is 0.394 e. The third kappa shape index (κ3) is 2.75. The molecule has 1 aromatic carbocycles. The Labute approximate surface area is 112 Å². The normalized spacial score (nSPS) is 19.0. The summed E-state index contributed by atoms with van der Waals surface area (Å²) in [6, 6.07) is 6.89. The number of ether oxygens (including phenoxy) is 1. The molecule has 1 aliphatic heterocycles. The van der Waals surface area contributed by atoms with Crippen LogP contribution < -0.4 is 4.90 Å². The van der Waals surface area contributed by atoms with E-state index in [0.29, 0.717) is 36.6 Å². The molecule has 5 heteroatoms. The third-order valence-electron chi connectivity index (χ3n) is 3.25. The lowest BCUT2D eigenvalue weighted by atomic mass is 10.0. The topological polar surface area (TPSA) is 73.6 Å². The van der Waals surface area contributed by atoms with Crippen LogP contribution in [0.1, 0.15) is 22.8 Å². The van der Waals surface area contributed by atoms with Crippen LogP contribution in [0.15, 0.2) is 18.2 Å². The summed E-state index contributed by atoms with van der Waals surface area (Å²) in [7, 11) is 0. The zero-order valence-corrected chi connectivity index (χ0v) is 10.8. The molecule has 1 unspecified atom stereocenters. The van der Waals surface area contributed by atoms with Gasteiger partial charge in [-0.1, -0.05) is 0 Å². The molecule has 0 saturated carbocycles. The minimum atomic E-state index is -0.180. The van der Waals surface area contributed by atoms with E-state index in [0.717, 1.165) is 0 Å². The molecule has 0 radical (unpaired) electrons. The summed E-state index contributed by atoms with van der Waals surface area (Å²) in [4.78, 5) is 13.6. The molecule has 0 aromatic heterocycles. The maximum atomic E-state index is 11.7. The summed E-state index contributed by atoms with van der Waals surface area (Å²) in [5, 5.41) is 18.4. The van der Waals surface area contributed by atoms with E-state index in [1.54, 1.807) is 18.2 Å². The Kier molecular flexibility index (Phi) is 4.15. The third-order valence-corrected chi connectivity index (χ3v) is 3.25. The fraction of sp³-hybridized carbons (Fsp3) is 0.429. The van der Waals surface area contributed by atoms with Crippen LogP contribution in [0.25, 0.3) is 0 Å². The molecule has 1 aliphatic rings. The fourth-order valence-corrected chi connectivity index (χ4v) is 2.26. The number of hydrogen-bond donors (Lipinski definition) is 1. The first-order valence-corrected chi connectivity index (χ1v) is 6.17. The predicted molar refractivity (Wildman–Crippen MR) is 70.2 cm³/mol. The number of nitriles is 1. The van der Waals surface area contributed by atoms with Crippen LogP contribution in [0.3, 0.4) is 0 Å². The van der Waals surface area contributed by atoms with Crippen molar-refractivity contribution in [2.45, 2.75) is 13.0 Å². The highest BCUT2D eigenvalue weighted by Gasteiger charge is 2.25. The van der Waals surface area contributed by atoms with E-state index in [2.05, 4.69) is 6.07 Å². The molecule has 0 bridgehead atoms. The summed E-state index contributed by atoms with van der Waals surface area (Å²) >= 11 is 0. The predicted octanol–water partition coefficient (Wildman–Crippen LogP) is 0.958. The van der Waals surface area contributed by atoms with Gasteiger partial charge in [-0.3, -0.25) is 4.79 Å². The highest BCUT2D eigenvalue weighted by molar-refractivity contribution is 6.00. The van der Waals surface area contributed by atoms with Crippen molar-refractivity contribution in [1.29, 1.82) is 5.26 Å². The second-order valence-corrected chi connectivity index (χ2v) is 4.50. The van der Waals surface area contributed by atoms with Crippen molar-refractivity contribution in [1.82, 2.24) is 0 Å². The second-order valence-electron chi connectivity index (χ2n) is 4.50. The molecule has 2 rings (SSSR count). The van der Waals surface area contributed by atoms with Crippen LogP contribution in [-0.4, -0.2) is 43.3 Å². The molecule has 1 fully saturated rings. The number of Topliss-reactive ketones (excluding diaryl/α,β-unsaturated/α-hetero) is 1. The molecule has 100 valence electrons. The Morgan fingerprint density at radius 2 is 2.42 bits per heavy atom. The summed E-state index contributed by atoms with van der Waals surface area (Å²) in [5.74, 6) is -0.0531. The molecule has 0 spiro atoms. The number of morpholine rings is 1. The first kappa shape index (κ1) is 13.5. The van der Waals surface area contributed by atoms with Crippen molar-refractivity contribution in [2.75, 3.05) is 31.3 Å². The second kappa shape index (κ2) is 5.83. The highest BCUT2D eigenvalue weighted by Crippen LogP contribution is 2.26. The SMILES string of the molecule is CC(=O)c1ccc(C#N)cc1N1CCOCC1CO. The molecular weight excluding hydrogens is 244 g/mol. The minimum Gasteiger partial charge on any atom is -0.394 e. The van der Waals surface area contributed by atoms with Crippen molar-refractivity contribution in [3.05, 3.63) is 29.3 Å². The lowest BCUT2D eigenvalue weighted by Gasteiger charge is -2.37. The fourth-order valence-electron chi connectivity index (χ4n) is 2.26. The van der Waals surface area contributed by atoms with E-state index in [9.17, 15) is 9.90 Å². The quantitative estimate of drug-likeness (QED) is 0.819. The number of benzene rings is 1. The van der Waals surface area contributed by atoms with Gasteiger partial charge in [-0.05, 0) is 25.1 Å². The number of aliphatic hydroxyl groups excluding tert-OH is 1. The van der Waals surface area contributed by atoms with Gasteiger partial charge in [0.05, 0.1) is 37.5 Å². The average Bonchev–Trinajstić information content (AvgIpc) is 2.46. The molecule has 5 nitrogen and oxygen atoms in total. The van der Waals surface area contributed by atoms with Gasteiger partial charge in [0.1, 0.15) is 0 Å². The summed E-state index contributed by atoms with van der Waals surface area (Å²) < 4.78 is 5.33. The van der Waals surface area contributed by atoms with E-state index in [1.165, 1.54) is 6.92 Å². The van der Waals surface area contributed by atoms with Gasteiger partial charge in [-0.15, -0.1) is 0 Å². The van der Waals surface area contributed by atoms with Crippen LogP contribution in [-0.2, 0) is 4.74 Å². The van der Waals surface area contributed by atoms with Crippen molar-refractivity contribution in [2.24, 2.45) is 0 Å². The van der Waals surface area contributed by atoms with Crippen molar-refractivity contribution in [3.8, 4) is 6.07 Å². The molecule has 1 N–H and O–H groups in total. The van der Waals surface area contributed by atoms with Crippen molar-refractivity contribution < 1.29 is 14.6 Å². The van der Waals surface area contributed by atoms with Gasteiger partial charge in [0, 0.05) is 17.8 Å². The minimum absolute atomic E-state index is 0.0475. The summed E-state index contributed by atoms with van der Waals surface area (Å²) in [5.41, 5.74) is 1.77. The number of ketones is 1. The lowest BCUT2D eigenvalue weighted by Crippen LogP contribution is -2.48. The zero-order valence-electron chi connectivity index (χ0n) is 10.8. The lowest BCUT2D eigenvalue weighted by molar-refractivity contribution is 0.0724. The summed E-state index contributed by atoms with van der Waals surface area (Å²) in [6.07, 6.45) is 0. The maximum absolute atomic E-state index is 11.7. The molecule has 0 amide bonds. The maximum Gasteiger partial charge on any atom is 0.161 e. The van der Waals surface area contributed by atoms with Crippen LogP contribution in [0.2, 0.25) is 0 Å². The van der Waals surface area contributed by atoms with Gasteiger partial charge >= 0.3 is 0 Å². The van der Waals surface area contributed by atoms with Gasteiger partial charge in [-0.25, -0.2) is 0 Å². The number of anilines is 1. The first-order valence-electron chi connectivity index (χ1n) is 6.17. The highest BCUT2D eigenvalue weighted by atomic mass is 16.5. The Hall–Kier alpha value is -1.90. The molecule has 1 atom stereocenters. The van der Waals surface area contributed by atoms with E-state index in [-0.39, 0.29) is 18.4 Å². The number of rotatable bonds is 3. The van der Waals surface area contributed by atoms with Crippen LogP contribution >= 0.6 is 0 Å². The van der Waals surface area contributed by atoms with Crippen LogP contribution in [0.4, 0.5) is 5.69 Å². The van der Waals surface area contributed by atoms with E-state index in [1.807, 2.05) is 4.90 Å². The molecular formula is C14H16N2O3. The average molecular weight is 260 g/mol. The molecule has 0 aliphatic carbocycles. The Bertz CT molecular complexity index is 522. The van der Waals surface area contributed by atoms with E-state index >= 15 is 0 Å². The molecule has 1 aromatic rings. The van der Waals surface area contributed by atoms with E-state index in [4.69, 9.17) is 10.00 Å². The Morgan fingerprint density at radius 3 is 3.05 bits per heavy atom. The number of carbonyl (C=O) groups excluding carboxylic acids is 1. The standard InChI is InChI=1S/C14H16N2O3/c1-10(18)13-3-2-11(7-15)6-14(13)16-4-5-19-9-12(16)8-17/h2-3,6,12,17H,4-5,8-9H2,1H3. The van der Waals surface area contributed by atoms with Gasteiger partial charge in [0.2, 0.25) is 0 Å². The summed E-state index contributed by atoms with van der Waals surface area (Å²) in [6.45, 7) is 3.02. The van der Waals surface area contributed by atoms with Crippen LogP contribution in [0, 0.1) is 11.3 Å². The zero-order chi connectivity index (χ0) is 13.8. The molecule has 1 saturated heterocycles. The van der Waals surface area contributed by atoms with Gasteiger partial charge in [0.15, 0.2) is 5.78 Å². The van der Waals surface area contributed by atoms with Gasteiger partial charge in [-0.2, -0.15) is 5.26 Å². The number of nitrogens with zero attached hydrogens (tertiary/aromatic N) is 2. The molecule has 1 heterocycles. The molecule has 19 heavy (non-hydrogen) atoms. The Morgan fingerprint density at radius 1 is 1.63 bits per heavy atom. The Balaban J connectivity index is 2.46. The van der Waals surface area contributed by atoms with E-state index < -0.39 is 0 Å². The van der Waals surface area contributed by atoms with Gasteiger partial charge < -0.3 is 14.7 Å². The van der Waals surface area contributed by atoms with Crippen molar-refractivity contribution >= 4 is 11.5 Å². The smallest absolute Gasteiger partial charge is 0.161 e. The first-order chi connectivity index (χ1) is 9.17. The number of carbonyl (C=O) groups is 1. The van der Waals surface area contributed by atoms with Crippen molar-refractivity contribution in [3.63, 3.8) is 0 Å². The number of hydrogen-bond acceptors (Lipinski definition) is 5. The number of aliphatic hydroxyl groups is 1.